The molecule has 1 N–H and O–H groups in total. The maximum atomic E-state index is 13.1. The van der Waals surface area contributed by atoms with Crippen LogP contribution < -0.4 is 10.2 Å². The van der Waals surface area contributed by atoms with Gasteiger partial charge in [-0.25, -0.2) is 4.98 Å². The lowest BCUT2D eigenvalue weighted by molar-refractivity contribution is 0.103. The number of ether oxygens (including phenoxy) is 1. The van der Waals surface area contributed by atoms with Crippen molar-refractivity contribution in [1.82, 2.24) is 14.6 Å². The fourth-order valence-corrected chi connectivity index (χ4v) is 4.55. The highest BCUT2D eigenvalue weighted by molar-refractivity contribution is 7.18. The molecule has 29 heavy (non-hydrogen) atoms. The Balaban J connectivity index is 1.50. The third-order valence-corrected chi connectivity index (χ3v) is 6.05. The minimum Gasteiger partial charge on any atom is -0.378 e. The van der Waals surface area contributed by atoms with Crippen LogP contribution in [0.3, 0.4) is 0 Å². The summed E-state index contributed by atoms with van der Waals surface area (Å²) in [5.41, 5.74) is 2.86. The predicted octanol–water partition coefficient (Wildman–Crippen LogP) is 3.55. The molecule has 7 nitrogen and oxygen atoms in total. The first kappa shape index (κ1) is 17.8. The van der Waals surface area contributed by atoms with Crippen LogP contribution in [0.2, 0.25) is 0 Å². The molecule has 5 rings (SSSR count). The zero-order valence-electron chi connectivity index (χ0n) is 15.6. The molecule has 8 heteroatoms. The summed E-state index contributed by atoms with van der Waals surface area (Å²) in [6.07, 6.45) is 3.32. The van der Waals surface area contributed by atoms with E-state index in [4.69, 9.17) is 4.74 Å². The van der Waals surface area contributed by atoms with Gasteiger partial charge in [-0.15, -0.1) is 11.3 Å². The average Bonchev–Trinajstić information content (AvgIpc) is 3.43. The van der Waals surface area contributed by atoms with E-state index in [-0.39, 0.29) is 5.91 Å². The summed E-state index contributed by atoms with van der Waals surface area (Å²) in [6, 6.07) is 15.7. The van der Waals surface area contributed by atoms with Crippen LogP contribution in [-0.2, 0) is 4.74 Å². The van der Waals surface area contributed by atoms with E-state index >= 15 is 0 Å². The standard InChI is InChI=1S/C21H19N5O2S/c27-20(24-19-6-8-22-18-7-9-23-26(18)19)17-14-16(15-4-2-1-3-5-15)21(29-17)25-10-12-28-13-11-25/h1-9,14H,10-13H2,(H,24,27). The fraction of sp³-hybridized carbons (Fsp3) is 0.190. The van der Waals surface area contributed by atoms with Crippen molar-refractivity contribution in [3.05, 3.63) is 65.8 Å². The van der Waals surface area contributed by atoms with E-state index in [9.17, 15) is 4.79 Å². The van der Waals surface area contributed by atoms with Crippen LogP contribution in [0, 0.1) is 0 Å². The van der Waals surface area contributed by atoms with Crippen molar-refractivity contribution >= 4 is 33.7 Å². The molecule has 0 radical (unpaired) electrons. The van der Waals surface area contributed by atoms with Crippen LogP contribution in [0.1, 0.15) is 9.67 Å². The number of thiophene rings is 1. The number of hydrogen-bond donors (Lipinski definition) is 1. The van der Waals surface area contributed by atoms with Crippen molar-refractivity contribution < 1.29 is 9.53 Å². The number of fused-ring (bicyclic) bond motifs is 1. The van der Waals surface area contributed by atoms with E-state index < -0.39 is 0 Å². The van der Waals surface area contributed by atoms with E-state index in [2.05, 4.69) is 32.4 Å². The van der Waals surface area contributed by atoms with Gasteiger partial charge in [-0.3, -0.25) is 4.79 Å². The smallest absolute Gasteiger partial charge is 0.266 e. The van der Waals surface area contributed by atoms with Gasteiger partial charge in [0.2, 0.25) is 0 Å². The number of carbonyl (C=O) groups excluding carboxylic acids is 1. The van der Waals surface area contributed by atoms with Gasteiger partial charge < -0.3 is 15.0 Å². The Bertz CT molecular complexity index is 1150. The first-order valence-corrected chi connectivity index (χ1v) is 10.2. The molecule has 0 spiro atoms. The number of carbonyl (C=O) groups is 1. The second kappa shape index (κ2) is 7.65. The molecule has 1 saturated heterocycles. The highest BCUT2D eigenvalue weighted by Gasteiger charge is 2.22. The second-order valence-electron chi connectivity index (χ2n) is 6.68. The first-order chi connectivity index (χ1) is 14.3. The largest absolute Gasteiger partial charge is 0.378 e. The van der Waals surface area contributed by atoms with Crippen molar-refractivity contribution in [2.45, 2.75) is 0 Å². The minimum atomic E-state index is -0.158. The molecule has 0 unspecified atom stereocenters. The zero-order chi connectivity index (χ0) is 19.6. The zero-order valence-corrected chi connectivity index (χ0v) is 16.4. The molecule has 146 valence electrons. The molecule has 3 aromatic heterocycles. The van der Waals surface area contributed by atoms with Gasteiger partial charge in [-0.05, 0) is 17.7 Å². The monoisotopic (exact) mass is 405 g/mol. The molecular formula is C21H19N5O2S. The fourth-order valence-electron chi connectivity index (χ4n) is 3.43. The number of morpholine rings is 1. The maximum absolute atomic E-state index is 13.1. The van der Waals surface area contributed by atoms with Crippen molar-refractivity contribution in [2.24, 2.45) is 0 Å². The summed E-state index contributed by atoms with van der Waals surface area (Å²) in [5.74, 6) is 0.433. The van der Waals surface area contributed by atoms with Crippen molar-refractivity contribution in [3.63, 3.8) is 0 Å². The summed E-state index contributed by atoms with van der Waals surface area (Å²) in [7, 11) is 0. The summed E-state index contributed by atoms with van der Waals surface area (Å²) in [6.45, 7) is 3.03. The van der Waals surface area contributed by atoms with Crippen LogP contribution in [0.5, 0.6) is 0 Å². The number of amides is 1. The lowest BCUT2D eigenvalue weighted by Gasteiger charge is -2.28. The first-order valence-electron chi connectivity index (χ1n) is 9.42. The van der Waals surface area contributed by atoms with E-state index in [1.165, 1.54) is 11.3 Å². The van der Waals surface area contributed by atoms with Crippen LogP contribution in [-0.4, -0.2) is 46.8 Å². The van der Waals surface area contributed by atoms with Crippen molar-refractivity contribution in [3.8, 4) is 11.1 Å². The number of nitrogens with zero attached hydrogens (tertiary/aromatic N) is 4. The number of nitrogens with one attached hydrogen (secondary N) is 1. The van der Waals surface area contributed by atoms with Crippen molar-refractivity contribution in [2.75, 3.05) is 36.5 Å². The minimum absolute atomic E-state index is 0.158. The second-order valence-corrected chi connectivity index (χ2v) is 7.71. The lowest BCUT2D eigenvalue weighted by Crippen LogP contribution is -2.35. The van der Waals surface area contributed by atoms with Crippen LogP contribution >= 0.6 is 11.3 Å². The Kier molecular flexibility index (Phi) is 4.71. The molecular weight excluding hydrogens is 386 g/mol. The van der Waals surface area contributed by atoms with E-state index in [0.717, 1.165) is 29.2 Å². The maximum Gasteiger partial charge on any atom is 0.266 e. The van der Waals surface area contributed by atoms with Crippen LogP contribution in [0.25, 0.3) is 16.8 Å². The van der Waals surface area contributed by atoms with Crippen LogP contribution in [0.4, 0.5) is 10.8 Å². The molecule has 1 amide bonds. The summed E-state index contributed by atoms with van der Waals surface area (Å²) >= 11 is 1.51. The molecule has 0 atom stereocenters. The van der Waals surface area contributed by atoms with E-state index in [1.54, 1.807) is 29.0 Å². The molecule has 1 aliphatic heterocycles. The summed E-state index contributed by atoms with van der Waals surface area (Å²) < 4.78 is 7.12. The van der Waals surface area contributed by atoms with Gasteiger partial charge in [-0.1, -0.05) is 30.3 Å². The van der Waals surface area contributed by atoms with Gasteiger partial charge >= 0.3 is 0 Å². The Hall–Kier alpha value is -3.23. The molecule has 1 fully saturated rings. The third kappa shape index (κ3) is 3.48. The molecule has 0 aliphatic carbocycles. The number of rotatable bonds is 4. The average molecular weight is 405 g/mol. The van der Waals surface area contributed by atoms with Crippen molar-refractivity contribution in [1.29, 1.82) is 0 Å². The molecule has 0 bridgehead atoms. The number of aromatic nitrogens is 3. The predicted molar refractivity (Wildman–Crippen MR) is 114 cm³/mol. The van der Waals surface area contributed by atoms with Gasteiger partial charge in [0, 0.05) is 30.9 Å². The van der Waals surface area contributed by atoms with Gasteiger partial charge in [0.1, 0.15) is 5.82 Å². The Morgan fingerprint density at radius 1 is 1.07 bits per heavy atom. The van der Waals surface area contributed by atoms with E-state index in [1.807, 2.05) is 24.3 Å². The molecule has 4 heterocycles. The molecule has 0 saturated carbocycles. The molecule has 1 aromatic carbocycles. The van der Waals surface area contributed by atoms with Gasteiger partial charge in [0.15, 0.2) is 5.65 Å². The third-order valence-electron chi connectivity index (χ3n) is 4.85. The van der Waals surface area contributed by atoms with Gasteiger partial charge in [0.25, 0.3) is 5.91 Å². The summed E-state index contributed by atoms with van der Waals surface area (Å²) in [4.78, 5) is 20.2. The highest BCUT2D eigenvalue weighted by Crippen LogP contribution is 2.39. The Labute approximate surface area is 171 Å². The summed E-state index contributed by atoms with van der Waals surface area (Å²) in [5, 5.41) is 8.30. The quantitative estimate of drug-likeness (QED) is 0.562. The van der Waals surface area contributed by atoms with Crippen LogP contribution in [0.15, 0.2) is 60.9 Å². The number of anilines is 2. The Morgan fingerprint density at radius 3 is 2.72 bits per heavy atom. The highest BCUT2D eigenvalue weighted by atomic mass is 32.1. The number of hydrogen-bond acceptors (Lipinski definition) is 6. The Morgan fingerprint density at radius 2 is 1.90 bits per heavy atom. The molecule has 1 aliphatic rings. The normalized spacial score (nSPS) is 14.3. The topological polar surface area (TPSA) is 71.8 Å². The SMILES string of the molecule is O=C(Nc1ccnc2ccnn12)c1cc(-c2ccccc2)c(N2CCOCC2)s1. The van der Waals surface area contributed by atoms with Gasteiger partial charge in [-0.2, -0.15) is 9.61 Å². The molecule has 4 aromatic rings. The van der Waals surface area contributed by atoms with E-state index in [0.29, 0.717) is 29.6 Å². The van der Waals surface area contributed by atoms with Gasteiger partial charge in [0.05, 0.1) is 29.3 Å². The number of benzene rings is 1. The lowest BCUT2D eigenvalue weighted by atomic mass is 10.1.